The lowest BCUT2D eigenvalue weighted by atomic mass is 9.99. The average Bonchev–Trinajstić information content (AvgIpc) is 2.60. The summed E-state index contributed by atoms with van der Waals surface area (Å²) in [7, 11) is 0. The summed E-state index contributed by atoms with van der Waals surface area (Å²) in [5, 5.41) is 3.10. The highest BCUT2D eigenvalue weighted by Crippen LogP contribution is 2.31. The summed E-state index contributed by atoms with van der Waals surface area (Å²) in [5.74, 6) is 0.701. The van der Waals surface area contributed by atoms with E-state index in [1.165, 1.54) is 0 Å². The van der Waals surface area contributed by atoms with Crippen LogP contribution in [0.5, 0.6) is 5.75 Å². The SMILES string of the molecule is CC(N)C(C)C(=O)NC1CCCOc2ccccc21. The third-order valence-electron chi connectivity index (χ3n) is 3.71. The third kappa shape index (κ3) is 3.26. The normalized spacial score (nSPS) is 21.5. The molecule has 3 N–H and O–H groups in total. The summed E-state index contributed by atoms with van der Waals surface area (Å²) in [5.41, 5.74) is 6.84. The van der Waals surface area contributed by atoms with Crippen molar-refractivity contribution in [2.45, 2.75) is 38.8 Å². The van der Waals surface area contributed by atoms with E-state index in [9.17, 15) is 4.79 Å². The van der Waals surface area contributed by atoms with Gasteiger partial charge in [0.15, 0.2) is 0 Å². The number of carbonyl (C=O) groups excluding carboxylic acids is 1. The molecule has 0 spiro atoms. The Morgan fingerprint density at radius 1 is 1.42 bits per heavy atom. The van der Waals surface area contributed by atoms with Crippen LogP contribution in [0.25, 0.3) is 0 Å². The zero-order chi connectivity index (χ0) is 13.8. The fraction of sp³-hybridized carbons (Fsp3) is 0.533. The number of fused-ring (bicyclic) bond motifs is 1. The highest BCUT2D eigenvalue weighted by atomic mass is 16.5. The second-order valence-electron chi connectivity index (χ2n) is 5.24. The average molecular weight is 262 g/mol. The maximum atomic E-state index is 12.1. The molecule has 4 nitrogen and oxygen atoms in total. The third-order valence-corrected chi connectivity index (χ3v) is 3.71. The van der Waals surface area contributed by atoms with E-state index >= 15 is 0 Å². The molecule has 1 amide bonds. The van der Waals surface area contributed by atoms with E-state index < -0.39 is 0 Å². The standard InChI is InChI=1S/C15H22N2O2/c1-10(11(2)16)15(18)17-13-7-5-9-19-14-8-4-3-6-12(13)14/h3-4,6,8,10-11,13H,5,7,9,16H2,1-2H3,(H,17,18). The van der Waals surface area contributed by atoms with Gasteiger partial charge in [0.1, 0.15) is 5.75 Å². The van der Waals surface area contributed by atoms with Gasteiger partial charge in [0.25, 0.3) is 0 Å². The van der Waals surface area contributed by atoms with Gasteiger partial charge in [-0.1, -0.05) is 25.1 Å². The Hall–Kier alpha value is -1.55. The van der Waals surface area contributed by atoms with Crippen LogP contribution < -0.4 is 15.8 Å². The molecule has 0 saturated heterocycles. The molecule has 1 aliphatic heterocycles. The van der Waals surface area contributed by atoms with Crippen molar-refractivity contribution in [3.05, 3.63) is 29.8 Å². The molecule has 104 valence electrons. The molecule has 0 aliphatic carbocycles. The van der Waals surface area contributed by atoms with E-state index in [4.69, 9.17) is 10.5 Å². The summed E-state index contributed by atoms with van der Waals surface area (Å²) in [6, 6.07) is 7.77. The van der Waals surface area contributed by atoms with E-state index in [0.717, 1.165) is 24.2 Å². The van der Waals surface area contributed by atoms with Crippen LogP contribution in [0.2, 0.25) is 0 Å². The van der Waals surface area contributed by atoms with Crippen LogP contribution in [0, 0.1) is 5.92 Å². The Kier molecular flexibility index (Phi) is 4.43. The number of carbonyl (C=O) groups is 1. The van der Waals surface area contributed by atoms with E-state index in [0.29, 0.717) is 6.61 Å². The van der Waals surface area contributed by atoms with Gasteiger partial charge >= 0.3 is 0 Å². The van der Waals surface area contributed by atoms with E-state index in [1.807, 2.05) is 38.1 Å². The van der Waals surface area contributed by atoms with Crippen molar-refractivity contribution in [1.29, 1.82) is 0 Å². The minimum Gasteiger partial charge on any atom is -0.493 e. The van der Waals surface area contributed by atoms with Gasteiger partial charge in [0.05, 0.1) is 12.6 Å². The van der Waals surface area contributed by atoms with E-state index in [2.05, 4.69) is 5.32 Å². The quantitative estimate of drug-likeness (QED) is 0.875. The fourth-order valence-corrected chi connectivity index (χ4v) is 2.22. The van der Waals surface area contributed by atoms with Gasteiger partial charge < -0.3 is 15.8 Å². The van der Waals surface area contributed by atoms with Crippen molar-refractivity contribution in [3.8, 4) is 5.75 Å². The van der Waals surface area contributed by atoms with Crippen molar-refractivity contribution in [3.63, 3.8) is 0 Å². The van der Waals surface area contributed by atoms with Gasteiger partial charge in [0, 0.05) is 17.5 Å². The Morgan fingerprint density at radius 2 is 2.16 bits per heavy atom. The number of hydrogen-bond acceptors (Lipinski definition) is 3. The molecule has 1 aromatic rings. The molecule has 4 heteroatoms. The van der Waals surface area contributed by atoms with Gasteiger partial charge in [-0.25, -0.2) is 0 Å². The van der Waals surface area contributed by atoms with Crippen LogP contribution in [0.3, 0.4) is 0 Å². The molecule has 1 aliphatic rings. The zero-order valence-corrected chi connectivity index (χ0v) is 11.6. The summed E-state index contributed by atoms with van der Waals surface area (Å²) in [6.45, 7) is 4.42. The molecule has 0 aromatic heterocycles. The monoisotopic (exact) mass is 262 g/mol. The van der Waals surface area contributed by atoms with Crippen LogP contribution in [-0.2, 0) is 4.79 Å². The Morgan fingerprint density at radius 3 is 2.89 bits per heavy atom. The number of nitrogens with two attached hydrogens (primary N) is 1. The zero-order valence-electron chi connectivity index (χ0n) is 11.6. The summed E-state index contributed by atoms with van der Waals surface area (Å²) >= 11 is 0. The highest BCUT2D eigenvalue weighted by molar-refractivity contribution is 5.79. The first-order valence-electron chi connectivity index (χ1n) is 6.87. The van der Waals surface area contributed by atoms with Crippen LogP contribution >= 0.6 is 0 Å². The molecule has 19 heavy (non-hydrogen) atoms. The molecule has 0 radical (unpaired) electrons. The van der Waals surface area contributed by atoms with E-state index in [-0.39, 0.29) is 23.9 Å². The second kappa shape index (κ2) is 6.06. The number of benzene rings is 1. The summed E-state index contributed by atoms with van der Waals surface area (Å²) in [6.07, 6.45) is 1.83. The van der Waals surface area contributed by atoms with Crippen molar-refractivity contribution in [1.82, 2.24) is 5.32 Å². The minimum absolute atomic E-state index is 0.0108. The van der Waals surface area contributed by atoms with Crippen molar-refractivity contribution in [2.75, 3.05) is 6.61 Å². The van der Waals surface area contributed by atoms with Gasteiger partial charge in [-0.3, -0.25) is 4.79 Å². The smallest absolute Gasteiger partial charge is 0.224 e. The van der Waals surface area contributed by atoms with Gasteiger partial charge in [-0.15, -0.1) is 0 Å². The maximum absolute atomic E-state index is 12.1. The molecule has 1 aromatic carbocycles. The van der Waals surface area contributed by atoms with Crippen LogP contribution in [-0.4, -0.2) is 18.6 Å². The molecule has 1 heterocycles. The topological polar surface area (TPSA) is 64.4 Å². The van der Waals surface area contributed by atoms with Crippen LogP contribution in [0.1, 0.15) is 38.3 Å². The van der Waals surface area contributed by atoms with Gasteiger partial charge in [0.2, 0.25) is 5.91 Å². The molecule has 0 fully saturated rings. The lowest BCUT2D eigenvalue weighted by Crippen LogP contribution is -2.40. The summed E-state index contributed by atoms with van der Waals surface area (Å²) < 4.78 is 5.69. The molecule has 3 atom stereocenters. The highest BCUT2D eigenvalue weighted by Gasteiger charge is 2.24. The number of hydrogen-bond donors (Lipinski definition) is 2. The predicted molar refractivity (Wildman–Crippen MR) is 74.9 cm³/mol. The van der Waals surface area contributed by atoms with Crippen molar-refractivity contribution < 1.29 is 9.53 Å². The fourth-order valence-electron chi connectivity index (χ4n) is 2.22. The van der Waals surface area contributed by atoms with Crippen LogP contribution in [0.4, 0.5) is 0 Å². The van der Waals surface area contributed by atoms with Crippen LogP contribution in [0.15, 0.2) is 24.3 Å². The Bertz CT molecular complexity index is 446. The van der Waals surface area contributed by atoms with E-state index in [1.54, 1.807) is 0 Å². The van der Waals surface area contributed by atoms with Gasteiger partial charge in [-0.2, -0.15) is 0 Å². The first-order valence-corrected chi connectivity index (χ1v) is 6.87. The molecule has 3 unspecified atom stereocenters. The molecule has 0 bridgehead atoms. The Balaban J connectivity index is 2.14. The molecular weight excluding hydrogens is 240 g/mol. The van der Waals surface area contributed by atoms with Gasteiger partial charge in [-0.05, 0) is 25.8 Å². The number of ether oxygens (including phenoxy) is 1. The van der Waals surface area contributed by atoms with Crippen molar-refractivity contribution >= 4 is 5.91 Å². The minimum atomic E-state index is -0.184. The molecule has 0 saturated carbocycles. The number of para-hydroxylation sites is 1. The Labute approximate surface area is 114 Å². The largest absolute Gasteiger partial charge is 0.493 e. The first-order chi connectivity index (χ1) is 9.09. The molecular formula is C15H22N2O2. The first kappa shape index (κ1) is 13.9. The number of rotatable bonds is 3. The lowest BCUT2D eigenvalue weighted by Gasteiger charge is -2.22. The maximum Gasteiger partial charge on any atom is 0.224 e. The number of nitrogens with one attached hydrogen (secondary N) is 1. The molecule has 2 rings (SSSR count). The predicted octanol–water partition coefficient (Wildman–Crippen LogP) is 2.00. The number of amides is 1. The second-order valence-corrected chi connectivity index (χ2v) is 5.24. The lowest BCUT2D eigenvalue weighted by molar-refractivity contribution is -0.125. The summed E-state index contributed by atoms with van der Waals surface area (Å²) in [4.78, 5) is 12.1. The van der Waals surface area contributed by atoms with Crippen molar-refractivity contribution in [2.24, 2.45) is 11.7 Å².